The number of hydrogen-bond donors (Lipinski definition) is 0. The van der Waals surface area contributed by atoms with Crippen molar-refractivity contribution in [1.82, 2.24) is 0 Å². The summed E-state index contributed by atoms with van der Waals surface area (Å²) < 4.78 is 11.9. The Labute approximate surface area is 159 Å². The molecule has 0 saturated carbocycles. The Morgan fingerprint density at radius 1 is 1.07 bits per heavy atom. The highest BCUT2D eigenvalue weighted by molar-refractivity contribution is 7.20. The minimum absolute atomic E-state index is 0.0496. The van der Waals surface area contributed by atoms with Crippen molar-refractivity contribution >= 4 is 38.4 Å². The lowest BCUT2D eigenvalue weighted by atomic mass is 10.0. The Bertz CT molecular complexity index is 1220. The van der Waals surface area contributed by atoms with E-state index < -0.39 is 5.63 Å². The molecule has 2 aromatic carbocycles. The monoisotopic (exact) mass is 376 g/mol. The van der Waals surface area contributed by atoms with Crippen molar-refractivity contribution in [2.24, 2.45) is 0 Å². The molecule has 5 heteroatoms. The fourth-order valence-corrected chi connectivity index (χ4v) is 4.67. The van der Waals surface area contributed by atoms with Gasteiger partial charge >= 0.3 is 11.6 Å². The molecule has 0 unspecified atom stereocenters. The zero-order chi connectivity index (χ0) is 18.4. The predicted molar refractivity (Wildman–Crippen MR) is 105 cm³/mol. The number of thiophene rings is 1. The van der Waals surface area contributed by atoms with Crippen LogP contribution in [0.15, 0.2) is 57.7 Å². The first-order valence-corrected chi connectivity index (χ1v) is 9.73. The van der Waals surface area contributed by atoms with Gasteiger partial charge in [0.05, 0.1) is 0 Å². The van der Waals surface area contributed by atoms with Gasteiger partial charge in [-0.2, -0.15) is 0 Å². The van der Waals surface area contributed by atoms with E-state index in [1.807, 2.05) is 36.4 Å². The molecule has 5 rings (SSSR count). The molecule has 1 aliphatic rings. The standard InChI is InChI=1S/C22H16O4S/c23-21-11-16(17-8-13-5-3-6-14(13)9-18(17)26-21)12-25-22(24)20-10-15-4-1-2-7-19(15)27-20/h1-2,4,7-11H,3,5-6,12H2. The second-order valence-electron chi connectivity index (χ2n) is 6.79. The van der Waals surface area contributed by atoms with E-state index in [1.165, 1.54) is 28.5 Å². The average Bonchev–Trinajstić information content (AvgIpc) is 3.30. The van der Waals surface area contributed by atoms with Gasteiger partial charge in [0.2, 0.25) is 0 Å². The van der Waals surface area contributed by atoms with Gasteiger partial charge in [-0.25, -0.2) is 9.59 Å². The Balaban J connectivity index is 1.45. The van der Waals surface area contributed by atoms with Gasteiger partial charge in [-0.15, -0.1) is 11.3 Å². The third-order valence-electron chi connectivity index (χ3n) is 5.03. The normalized spacial score (nSPS) is 13.2. The molecule has 0 saturated heterocycles. The summed E-state index contributed by atoms with van der Waals surface area (Å²) in [5.41, 5.74) is 3.35. The molecule has 0 aliphatic heterocycles. The van der Waals surface area contributed by atoms with E-state index in [4.69, 9.17) is 9.15 Å². The van der Waals surface area contributed by atoms with Crippen LogP contribution >= 0.6 is 11.3 Å². The average molecular weight is 376 g/mol. The first kappa shape index (κ1) is 16.3. The van der Waals surface area contributed by atoms with Gasteiger partial charge in [0.1, 0.15) is 17.1 Å². The van der Waals surface area contributed by atoms with Crippen LogP contribution in [0.3, 0.4) is 0 Å². The van der Waals surface area contributed by atoms with Crippen LogP contribution in [0.25, 0.3) is 21.1 Å². The second-order valence-corrected chi connectivity index (χ2v) is 7.87. The van der Waals surface area contributed by atoms with Gasteiger partial charge in [0, 0.05) is 21.7 Å². The van der Waals surface area contributed by atoms with Crippen molar-refractivity contribution < 1.29 is 13.9 Å². The van der Waals surface area contributed by atoms with E-state index in [0.717, 1.165) is 34.7 Å². The summed E-state index contributed by atoms with van der Waals surface area (Å²) in [6.45, 7) is 0.0496. The second kappa shape index (κ2) is 6.35. The lowest BCUT2D eigenvalue weighted by Gasteiger charge is -2.08. The Morgan fingerprint density at radius 2 is 1.89 bits per heavy atom. The highest BCUT2D eigenvalue weighted by Crippen LogP contribution is 2.29. The number of aryl methyl sites for hydroxylation is 2. The molecule has 4 aromatic rings. The molecule has 134 valence electrons. The molecular formula is C22H16O4S. The highest BCUT2D eigenvalue weighted by atomic mass is 32.1. The minimum atomic E-state index is -0.423. The van der Waals surface area contributed by atoms with Gasteiger partial charge in [-0.05, 0) is 60.0 Å². The summed E-state index contributed by atoms with van der Waals surface area (Å²) in [6.07, 6.45) is 3.16. The maximum absolute atomic E-state index is 12.5. The summed E-state index contributed by atoms with van der Waals surface area (Å²) in [5.74, 6) is -0.376. The fraction of sp³-hybridized carbons (Fsp3) is 0.182. The number of benzene rings is 2. The number of carbonyl (C=O) groups is 1. The summed E-state index contributed by atoms with van der Waals surface area (Å²) in [5, 5.41) is 1.87. The maximum Gasteiger partial charge on any atom is 0.348 e. The third-order valence-corrected chi connectivity index (χ3v) is 6.12. The third kappa shape index (κ3) is 2.94. The van der Waals surface area contributed by atoms with Crippen LogP contribution in [-0.2, 0) is 24.2 Å². The van der Waals surface area contributed by atoms with E-state index in [2.05, 4.69) is 6.07 Å². The molecule has 0 bridgehead atoms. The molecule has 0 radical (unpaired) electrons. The number of hydrogen-bond acceptors (Lipinski definition) is 5. The van der Waals surface area contributed by atoms with Gasteiger partial charge in [-0.1, -0.05) is 18.2 Å². The number of ether oxygens (including phenoxy) is 1. The largest absolute Gasteiger partial charge is 0.457 e. The zero-order valence-corrected chi connectivity index (χ0v) is 15.3. The molecule has 2 aromatic heterocycles. The SMILES string of the molecule is O=C(OCc1cc(=O)oc2cc3c(cc12)CCC3)c1cc2ccccc2s1. The summed E-state index contributed by atoms with van der Waals surface area (Å²) >= 11 is 1.41. The van der Waals surface area contributed by atoms with Crippen LogP contribution < -0.4 is 5.63 Å². The Morgan fingerprint density at radius 3 is 2.74 bits per heavy atom. The number of carbonyl (C=O) groups excluding carboxylic acids is 1. The van der Waals surface area contributed by atoms with Gasteiger partial charge in [0.15, 0.2) is 0 Å². The predicted octanol–water partition coefficient (Wildman–Crippen LogP) is 4.85. The molecule has 0 atom stereocenters. The lowest BCUT2D eigenvalue weighted by Crippen LogP contribution is -2.07. The quantitative estimate of drug-likeness (QED) is 0.379. The van der Waals surface area contributed by atoms with Crippen molar-refractivity contribution in [2.75, 3.05) is 0 Å². The molecule has 2 heterocycles. The Kier molecular flexibility index (Phi) is 3.83. The van der Waals surface area contributed by atoms with E-state index in [1.54, 1.807) is 0 Å². The number of esters is 1. The van der Waals surface area contributed by atoms with Crippen LogP contribution in [0.2, 0.25) is 0 Å². The molecule has 27 heavy (non-hydrogen) atoms. The van der Waals surface area contributed by atoms with Crippen LogP contribution in [0.1, 0.15) is 32.8 Å². The van der Waals surface area contributed by atoms with Crippen LogP contribution in [-0.4, -0.2) is 5.97 Å². The lowest BCUT2D eigenvalue weighted by molar-refractivity contribution is 0.0480. The van der Waals surface area contributed by atoms with Crippen molar-refractivity contribution in [3.8, 4) is 0 Å². The topological polar surface area (TPSA) is 56.5 Å². The van der Waals surface area contributed by atoms with Crippen molar-refractivity contribution in [3.63, 3.8) is 0 Å². The van der Waals surface area contributed by atoms with Crippen molar-refractivity contribution in [2.45, 2.75) is 25.9 Å². The Hall–Kier alpha value is -2.92. The fourth-order valence-electron chi connectivity index (χ4n) is 3.71. The van der Waals surface area contributed by atoms with Crippen molar-refractivity contribution in [3.05, 3.63) is 80.5 Å². The molecule has 0 fully saturated rings. The number of rotatable bonds is 3. The molecule has 0 spiro atoms. The van der Waals surface area contributed by atoms with Crippen molar-refractivity contribution in [1.29, 1.82) is 0 Å². The van der Waals surface area contributed by atoms with Crippen LogP contribution in [0.5, 0.6) is 0 Å². The molecular weight excluding hydrogens is 360 g/mol. The first-order valence-electron chi connectivity index (χ1n) is 8.91. The van der Waals surface area contributed by atoms with E-state index >= 15 is 0 Å². The van der Waals surface area contributed by atoms with Gasteiger partial charge < -0.3 is 9.15 Å². The van der Waals surface area contributed by atoms with Gasteiger partial charge in [-0.3, -0.25) is 0 Å². The van der Waals surface area contributed by atoms with E-state index in [9.17, 15) is 9.59 Å². The first-order chi connectivity index (χ1) is 13.2. The summed E-state index contributed by atoms with van der Waals surface area (Å²) in [6, 6.07) is 15.1. The molecule has 4 nitrogen and oxygen atoms in total. The summed E-state index contributed by atoms with van der Waals surface area (Å²) in [7, 11) is 0. The van der Waals surface area contributed by atoms with Crippen LogP contribution in [0.4, 0.5) is 0 Å². The molecule has 0 N–H and O–H groups in total. The van der Waals surface area contributed by atoms with E-state index in [0.29, 0.717) is 16.0 Å². The highest BCUT2D eigenvalue weighted by Gasteiger charge is 2.17. The summed E-state index contributed by atoms with van der Waals surface area (Å²) in [4.78, 5) is 25.0. The molecule has 0 amide bonds. The van der Waals surface area contributed by atoms with E-state index in [-0.39, 0.29) is 12.6 Å². The smallest absolute Gasteiger partial charge is 0.348 e. The minimum Gasteiger partial charge on any atom is -0.457 e. The zero-order valence-electron chi connectivity index (χ0n) is 14.5. The van der Waals surface area contributed by atoms with Crippen LogP contribution in [0, 0.1) is 0 Å². The molecule has 1 aliphatic carbocycles. The number of fused-ring (bicyclic) bond motifs is 3. The maximum atomic E-state index is 12.5. The van der Waals surface area contributed by atoms with Gasteiger partial charge in [0.25, 0.3) is 0 Å².